The highest BCUT2D eigenvalue weighted by atomic mass is 35.5. The van der Waals surface area contributed by atoms with Crippen LogP contribution in [0.4, 0.5) is 10.5 Å². The maximum absolute atomic E-state index is 12.6. The van der Waals surface area contributed by atoms with Crippen LogP contribution in [0.15, 0.2) is 24.3 Å². The quantitative estimate of drug-likeness (QED) is 0.817. The number of anilines is 1. The molecule has 1 aliphatic rings. The zero-order valence-electron chi connectivity index (χ0n) is 14.9. The summed E-state index contributed by atoms with van der Waals surface area (Å²) in [4.78, 5) is 42.9. The van der Waals surface area contributed by atoms with E-state index in [9.17, 15) is 14.4 Å². The number of rotatable bonds is 4. The van der Waals surface area contributed by atoms with Crippen molar-refractivity contribution in [1.82, 2.24) is 14.7 Å². The van der Waals surface area contributed by atoms with Crippen LogP contribution in [0.25, 0.3) is 0 Å². The van der Waals surface area contributed by atoms with E-state index in [1.165, 1.54) is 19.6 Å². The van der Waals surface area contributed by atoms with E-state index >= 15 is 0 Å². The molecule has 0 N–H and O–H groups in total. The summed E-state index contributed by atoms with van der Waals surface area (Å²) in [5, 5.41) is 0.526. The van der Waals surface area contributed by atoms with Crippen LogP contribution in [0, 0.1) is 0 Å². The van der Waals surface area contributed by atoms with E-state index in [4.69, 9.17) is 11.6 Å². The van der Waals surface area contributed by atoms with E-state index in [0.29, 0.717) is 10.7 Å². The van der Waals surface area contributed by atoms with Crippen LogP contribution in [0.3, 0.4) is 0 Å². The van der Waals surface area contributed by atoms with Crippen LogP contribution in [0.5, 0.6) is 0 Å². The average Bonchev–Trinajstić information content (AvgIpc) is 2.93. The summed E-state index contributed by atoms with van der Waals surface area (Å²) in [5.41, 5.74) is 0.651. The Bertz CT molecular complexity index is 678. The molecule has 1 heterocycles. The number of benzene rings is 1. The van der Waals surface area contributed by atoms with Crippen LogP contribution < -0.4 is 4.90 Å². The largest absolute Gasteiger partial charge is 0.331 e. The third kappa shape index (κ3) is 4.42. The lowest BCUT2D eigenvalue weighted by Crippen LogP contribution is -2.49. The van der Waals surface area contributed by atoms with Crippen LogP contribution >= 0.6 is 11.6 Å². The molecule has 0 bridgehead atoms. The molecule has 4 amide bonds. The molecular formula is C17H23ClN4O3. The maximum atomic E-state index is 12.6. The molecule has 0 saturated carbocycles. The summed E-state index contributed by atoms with van der Waals surface area (Å²) in [5.74, 6) is -0.438. The zero-order valence-corrected chi connectivity index (χ0v) is 15.7. The van der Waals surface area contributed by atoms with Crippen molar-refractivity contribution in [2.24, 2.45) is 0 Å². The molecule has 0 unspecified atom stereocenters. The number of amides is 4. The van der Waals surface area contributed by atoms with Gasteiger partial charge < -0.3 is 14.7 Å². The van der Waals surface area contributed by atoms with Gasteiger partial charge in [0.05, 0.1) is 0 Å². The molecule has 2 rings (SSSR count). The molecule has 0 radical (unpaired) electrons. The number of hydrogen-bond donors (Lipinski definition) is 0. The van der Waals surface area contributed by atoms with E-state index in [2.05, 4.69) is 0 Å². The fourth-order valence-corrected chi connectivity index (χ4v) is 2.74. The summed E-state index contributed by atoms with van der Waals surface area (Å²) in [6.45, 7) is 3.78. The minimum absolute atomic E-state index is 0.00651. The van der Waals surface area contributed by atoms with Crippen molar-refractivity contribution in [1.29, 1.82) is 0 Å². The molecule has 25 heavy (non-hydrogen) atoms. The Morgan fingerprint density at radius 2 is 1.96 bits per heavy atom. The second-order valence-electron chi connectivity index (χ2n) is 6.43. The van der Waals surface area contributed by atoms with E-state index in [0.717, 1.165) is 0 Å². The van der Waals surface area contributed by atoms with Crippen LogP contribution in [0.2, 0.25) is 5.02 Å². The van der Waals surface area contributed by atoms with Gasteiger partial charge in [-0.2, -0.15) is 0 Å². The number of urea groups is 1. The van der Waals surface area contributed by atoms with Gasteiger partial charge in [-0.1, -0.05) is 17.7 Å². The van der Waals surface area contributed by atoms with Crippen molar-refractivity contribution in [3.05, 3.63) is 29.3 Å². The van der Waals surface area contributed by atoms with Gasteiger partial charge in [0.1, 0.15) is 19.8 Å². The van der Waals surface area contributed by atoms with Crippen LogP contribution in [0.1, 0.15) is 13.8 Å². The smallest absolute Gasteiger partial charge is 0.320 e. The lowest BCUT2D eigenvalue weighted by molar-refractivity contribution is -0.132. The topological polar surface area (TPSA) is 64.2 Å². The minimum atomic E-state index is -0.262. The summed E-state index contributed by atoms with van der Waals surface area (Å²) >= 11 is 5.97. The molecule has 8 heteroatoms. The maximum Gasteiger partial charge on any atom is 0.320 e. The van der Waals surface area contributed by atoms with Gasteiger partial charge in [0.25, 0.3) is 0 Å². The van der Waals surface area contributed by atoms with Gasteiger partial charge in [-0.05, 0) is 32.0 Å². The molecule has 0 aromatic heterocycles. The number of nitrogens with zero attached hydrogens (tertiary/aromatic N) is 4. The third-order valence-electron chi connectivity index (χ3n) is 3.97. The molecule has 0 aliphatic carbocycles. The first-order chi connectivity index (χ1) is 11.7. The van der Waals surface area contributed by atoms with Crippen molar-refractivity contribution in [3.63, 3.8) is 0 Å². The van der Waals surface area contributed by atoms with Gasteiger partial charge >= 0.3 is 6.03 Å². The van der Waals surface area contributed by atoms with Gasteiger partial charge in [0.2, 0.25) is 11.8 Å². The summed E-state index contributed by atoms with van der Waals surface area (Å²) in [6, 6.07) is 6.58. The van der Waals surface area contributed by atoms with Crippen molar-refractivity contribution >= 4 is 35.1 Å². The lowest BCUT2D eigenvalue weighted by atomic mass is 10.3. The molecule has 1 aromatic rings. The zero-order chi connectivity index (χ0) is 18.7. The predicted molar refractivity (Wildman–Crippen MR) is 96.4 cm³/mol. The van der Waals surface area contributed by atoms with Crippen molar-refractivity contribution in [3.8, 4) is 0 Å². The van der Waals surface area contributed by atoms with E-state index in [1.54, 1.807) is 38.4 Å². The summed E-state index contributed by atoms with van der Waals surface area (Å²) in [6.07, 6.45) is 0. The van der Waals surface area contributed by atoms with E-state index < -0.39 is 0 Å². The monoisotopic (exact) mass is 366 g/mol. The molecular weight excluding hydrogens is 344 g/mol. The fourth-order valence-electron chi connectivity index (χ4n) is 2.56. The Kier molecular flexibility index (Phi) is 5.89. The molecule has 1 aromatic carbocycles. The Morgan fingerprint density at radius 1 is 1.28 bits per heavy atom. The number of carbonyl (C=O) groups is 3. The fraction of sp³-hybridized carbons (Fsp3) is 0.471. The first-order valence-electron chi connectivity index (χ1n) is 8.02. The molecule has 1 aliphatic heterocycles. The Balaban J connectivity index is 2.08. The van der Waals surface area contributed by atoms with Gasteiger partial charge in [-0.15, -0.1) is 0 Å². The lowest BCUT2D eigenvalue weighted by Gasteiger charge is -2.30. The van der Waals surface area contributed by atoms with Gasteiger partial charge in [-0.25, -0.2) is 4.79 Å². The molecule has 0 atom stereocenters. The predicted octanol–water partition coefficient (Wildman–Crippen LogP) is 1.86. The second-order valence-corrected chi connectivity index (χ2v) is 6.87. The van der Waals surface area contributed by atoms with E-state index in [-0.39, 0.29) is 43.6 Å². The standard InChI is InChI=1S/C17H23ClN4O3/c1-12(2)21(17(25)19(3)4)10-15(23)20-9-16(24)22(11-20)14-7-5-6-13(18)8-14/h5-8,12H,9-11H2,1-4H3. The first-order valence-corrected chi connectivity index (χ1v) is 8.40. The molecule has 1 saturated heterocycles. The highest BCUT2D eigenvalue weighted by molar-refractivity contribution is 6.31. The Labute approximate surface area is 152 Å². The summed E-state index contributed by atoms with van der Waals surface area (Å²) < 4.78 is 0. The minimum Gasteiger partial charge on any atom is -0.331 e. The van der Waals surface area contributed by atoms with Crippen LogP contribution in [-0.4, -0.2) is 72.4 Å². The summed E-state index contributed by atoms with van der Waals surface area (Å²) in [7, 11) is 3.28. The SMILES string of the molecule is CC(C)N(CC(=O)N1CC(=O)N(c2cccc(Cl)c2)C1)C(=O)N(C)C. The first kappa shape index (κ1) is 19.1. The number of halogens is 1. The number of carbonyl (C=O) groups excluding carboxylic acids is 3. The van der Waals surface area contributed by atoms with Gasteiger partial charge in [-0.3, -0.25) is 14.5 Å². The molecule has 0 spiro atoms. The molecule has 1 fully saturated rings. The van der Waals surface area contributed by atoms with Crippen molar-refractivity contribution in [2.75, 3.05) is 38.8 Å². The Morgan fingerprint density at radius 3 is 2.52 bits per heavy atom. The third-order valence-corrected chi connectivity index (χ3v) is 4.20. The average molecular weight is 367 g/mol. The highest BCUT2D eigenvalue weighted by Gasteiger charge is 2.33. The molecule has 7 nitrogen and oxygen atoms in total. The van der Waals surface area contributed by atoms with Gasteiger partial charge in [0, 0.05) is 30.8 Å². The number of hydrogen-bond acceptors (Lipinski definition) is 3. The van der Waals surface area contributed by atoms with E-state index in [1.807, 2.05) is 13.8 Å². The second kappa shape index (κ2) is 7.74. The van der Waals surface area contributed by atoms with Crippen LogP contribution in [-0.2, 0) is 9.59 Å². The normalized spacial score (nSPS) is 14.2. The van der Waals surface area contributed by atoms with Crippen molar-refractivity contribution < 1.29 is 14.4 Å². The van der Waals surface area contributed by atoms with Gasteiger partial charge in [0.15, 0.2) is 0 Å². The van der Waals surface area contributed by atoms with Crippen molar-refractivity contribution in [2.45, 2.75) is 19.9 Å². The Hall–Kier alpha value is -2.28. The highest BCUT2D eigenvalue weighted by Crippen LogP contribution is 2.23. The molecule has 136 valence electrons.